The van der Waals surface area contributed by atoms with Crippen molar-refractivity contribution in [1.82, 2.24) is 5.32 Å². The van der Waals surface area contributed by atoms with E-state index < -0.39 is 0 Å². The predicted octanol–water partition coefficient (Wildman–Crippen LogP) is 2.87. The number of carbonyl (C=O) groups is 1. The van der Waals surface area contributed by atoms with Gasteiger partial charge in [-0.15, -0.1) is 11.3 Å². The predicted molar refractivity (Wildman–Crippen MR) is 83.2 cm³/mol. The van der Waals surface area contributed by atoms with E-state index in [1.807, 2.05) is 0 Å². The van der Waals surface area contributed by atoms with Crippen LogP contribution < -0.4 is 11.1 Å². The molecule has 1 amide bonds. The Morgan fingerprint density at radius 3 is 2.80 bits per heavy atom. The van der Waals surface area contributed by atoms with E-state index >= 15 is 0 Å². The van der Waals surface area contributed by atoms with E-state index in [1.54, 1.807) is 11.3 Å². The van der Waals surface area contributed by atoms with E-state index in [4.69, 9.17) is 5.73 Å². The molecule has 2 aliphatic carbocycles. The molecule has 1 fully saturated rings. The van der Waals surface area contributed by atoms with Crippen LogP contribution in [0, 0.1) is 5.92 Å². The van der Waals surface area contributed by atoms with Gasteiger partial charge in [-0.05, 0) is 56.1 Å². The number of rotatable bonds is 4. The van der Waals surface area contributed by atoms with Gasteiger partial charge in [-0.2, -0.15) is 0 Å². The van der Waals surface area contributed by atoms with Gasteiger partial charge in [-0.25, -0.2) is 0 Å². The Balaban J connectivity index is 1.60. The molecule has 3 rings (SSSR count). The number of fused-ring (bicyclic) bond motifs is 1. The van der Waals surface area contributed by atoms with Crippen LogP contribution in [0.3, 0.4) is 0 Å². The number of thiophene rings is 1. The number of nitrogens with two attached hydrogens (primary N) is 1. The van der Waals surface area contributed by atoms with Crippen molar-refractivity contribution in [3.8, 4) is 0 Å². The first-order valence-corrected chi connectivity index (χ1v) is 8.71. The van der Waals surface area contributed by atoms with E-state index in [1.165, 1.54) is 49.0 Å². The first-order valence-electron chi connectivity index (χ1n) is 7.89. The summed E-state index contributed by atoms with van der Waals surface area (Å²) in [6, 6.07) is 2.25. The Hall–Kier alpha value is -0.870. The highest BCUT2D eigenvalue weighted by Gasteiger charge is 2.28. The number of hydrogen-bond acceptors (Lipinski definition) is 3. The summed E-state index contributed by atoms with van der Waals surface area (Å²) in [5.74, 6) is 0.705. The average Bonchev–Trinajstić information content (AvgIpc) is 3.19. The Kier molecular flexibility index (Phi) is 4.41. The van der Waals surface area contributed by atoms with Gasteiger partial charge >= 0.3 is 0 Å². The van der Waals surface area contributed by atoms with Crippen LogP contribution in [-0.4, -0.2) is 18.5 Å². The summed E-state index contributed by atoms with van der Waals surface area (Å²) in [6.45, 7) is 0.617. The standard InChI is InChI=1S/C16H24N2OS/c17-13(11-7-8-11)10-18-16(19)15-9-12-5-3-1-2-4-6-14(12)20-15/h9,11,13H,1-8,10,17H2,(H,18,19). The van der Waals surface area contributed by atoms with Crippen LogP contribution in [0.4, 0.5) is 0 Å². The summed E-state index contributed by atoms with van der Waals surface area (Å²) in [6.07, 6.45) is 9.92. The zero-order valence-corrected chi connectivity index (χ0v) is 12.8. The molecule has 2 aliphatic rings. The topological polar surface area (TPSA) is 55.1 Å². The van der Waals surface area contributed by atoms with Crippen molar-refractivity contribution in [3.05, 3.63) is 21.4 Å². The Morgan fingerprint density at radius 2 is 2.05 bits per heavy atom. The van der Waals surface area contributed by atoms with Crippen molar-refractivity contribution in [2.45, 2.75) is 57.4 Å². The van der Waals surface area contributed by atoms with Crippen LogP contribution in [0.15, 0.2) is 6.07 Å². The second-order valence-electron chi connectivity index (χ2n) is 6.18. The molecule has 3 nitrogen and oxygen atoms in total. The van der Waals surface area contributed by atoms with Crippen molar-refractivity contribution < 1.29 is 4.79 Å². The minimum Gasteiger partial charge on any atom is -0.350 e. The molecule has 1 unspecified atom stereocenters. The fourth-order valence-corrected chi connectivity index (χ4v) is 4.11. The maximum atomic E-state index is 12.2. The van der Waals surface area contributed by atoms with Gasteiger partial charge in [0.15, 0.2) is 0 Å². The molecule has 1 aromatic heterocycles. The summed E-state index contributed by atoms with van der Waals surface area (Å²) in [5.41, 5.74) is 7.44. The molecule has 0 saturated heterocycles. The largest absolute Gasteiger partial charge is 0.350 e. The summed E-state index contributed by atoms with van der Waals surface area (Å²) >= 11 is 1.69. The monoisotopic (exact) mass is 292 g/mol. The van der Waals surface area contributed by atoms with E-state index in [0.717, 1.165) is 17.7 Å². The third kappa shape index (κ3) is 3.41. The maximum absolute atomic E-state index is 12.2. The van der Waals surface area contributed by atoms with Gasteiger partial charge in [0.2, 0.25) is 0 Å². The second kappa shape index (κ2) is 6.27. The minimum atomic E-state index is 0.0675. The van der Waals surface area contributed by atoms with Crippen LogP contribution in [0.1, 0.15) is 58.6 Å². The smallest absolute Gasteiger partial charge is 0.261 e. The SMILES string of the molecule is NC(CNC(=O)c1cc2c(s1)CCCCCC2)C1CC1. The number of carbonyl (C=O) groups excluding carboxylic acids is 1. The van der Waals surface area contributed by atoms with Crippen molar-refractivity contribution in [2.24, 2.45) is 11.7 Å². The van der Waals surface area contributed by atoms with Crippen molar-refractivity contribution in [2.75, 3.05) is 6.54 Å². The van der Waals surface area contributed by atoms with Gasteiger partial charge in [0.05, 0.1) is 4.88 Å². The lowest BCUT2D eigenvalue weighted by Gasteiger charge is -2.10. The summed E-state index contributed by atoms with van der Waals surface area (Å²) in [5, 5.41) is 3.01. The molecule has 1 atom stereocenters. The van der Waals surface area contributed by atoms with Crippen molar-refractivity contribution in [3.63, 3.8) is 0 Å². The van der Waals surface area contributed by atoms with Gasteiger partial charge in [0.25, 0.3) is 5.91 Å². The van der Waals surface area contributed by atoms with Crippen molar-refractivity contribution >= 4 is 17.2 Å². The van der Waals surface area contributed by atoms with E-state index in [9.17, 15) is 4.79 Å². The van der Waals surface area contributed by atoms with Crippen LogP contribution in [0.5, 0.6) is 0 Å². The highest BCUT2D eigenvalue weighted by molar-refractivity contribution is 7.14. The highest BCUT2D eigenvalue weighted by atomic mass is 32.1. The van der Waals surface area contributed by atoms with Crippen LogP contribution >= 0.6 is 11.3 Å². The molecule has 110 valence electrons. The third-order valence-corrected chi connectivity index (χ3v) is 5.68. The van der Waals surface area contributed by atoms with Crippen LogP contribution in [0.2, 0.25) is 0 Å². The van der Waals surface area contributed by atoms with E-state index in [2.05, 4.69) is 11.4 Å². The zero-order valence-electron chi connectivity index (χ0n) is 12.0. The Labute approximate surface area is 124 Å². The molecule has 1 saturated carbocycles. The fraction of sp³-hybridized carbons (Fsp3) is 0.688. The molecule has 0 aromatic carbocycles. The number of aryl methyl sites for hydroxylation is 2. The normalized spacial score (nSPS) is 20.6. The molecule has 1 aromatic rings. The first-order chi connectivity index (χ1) is 9.74. The summed E-state index contributed by atoms with van der Waals surface area (Å²) < 4.78 is 0. The molecule has 20 heavy (non-hydrogen) atoms. The molecule has 1 heterocycles. The number of nitrogens with one attached hydrogen (secondary N) is 1. The first kappa shape index (κ1) is 14.1. The van der Waals surface area contributed by atoms with Gasteiger partial charge in [-0.1, -0.05) is 12.8 Å². The van der Waals surface area contributed by atoms with E-state index in [-0.39, 0.29) is 11.9 Å². The van der Waals surface area contributed by atoms with Gasteiger partial charge in [-0.3, -0.25) is 4.79 Å². The molecule has 4 heteroatoms. The van der Waals surface area contributed by atoms with Gasteiger partial charge in [0.1, 0.15) is 0 Å². The number of amides is 1. The summed E-state index contributed by atoms with van der Waals surface area (Å²) in [4.78, 5) is 14.5. The Morgan fingerprint density at radius 1 is 1.30 bits per heavy atom. The van der Waals surface area contributed by atoms with Crippen LogP contribution in [0.25, 0.3) is 0 Å². The van der Waals surface area contributed by atoms with Gasteiger partial charge in [0, 0.05) is 17.5 Å². The van der Waals surface area contributed by atoms with Gasteiger partial charge < -0.3 is 11.1 Å². The molecule has 0 spiro atoms. The molecular formula is C16H24N2OS. The maximum Gasteiger partial charge on any atom is 0.261 e. The second-order valence-corrected chi connectivity index (χ2v) is 7.32. The third-order valence-electron chi connectivity index (χ3n) is 4.45. The lowest BCUT2D eigenvalue weighted by molar-refractivity contribution is 0.0954. The molecule has 0 radical (unpaired) electrons. The minimum absolute atomic E-state index is 0.0675. The zero-order chi connectivity index (χ0) is 13.9. The average molecular weight is 292 g/mol. The van der Waals surface area contributed by atoms with E-state index in [0.29, 0.717) is 12.5 Å². The van der Waals surface area contributed by atoms with Crippen molar-refractivity contribution in [1.29, 1.82) is 0 Å². The lowest BCUT2D eigenvalue weighted by Crippen LogP contribution is -2.38. The quantitative estimate of drug-likeness (QED) is 0.896. The Bertz CT molecular complexity index is 453. The fourth-order valence-electron chi connectivity index (χ4n) is 2.94. The molecule has 0 aliphatic heterocycles. The van der Waals surface area contributed by atoms with Crippen LogP contribution in [-0.2, 0) is 12.8 Å². The lowest BCUT2D eigenvalue weighted by atomic mass is 10.00. The molecule has 3 N–H and O–H groups in total. The number of hydrogen-bond donors (Lipinski definition) is 2. The molecule has 0 bridgehead atoms. The summed E-state index contributed by atoms with van der Waals surface area (Å²) in [7, 11) is 0. The highest BCUT2D eigenvalue weighted by Crippen LogP contribution is 2.31. The molecular weight excluding hydrogens is 268 g/mol.